The summed E-state index contributed by atoms with van der Waals surface area (Å²) in [4.78, 5) is 28.7. The molecule has 1 N–H and O–H groups in total. The maximum Gasteiger partial charge on any atom is 0.244 e. The van der Waals surface area contributed by atoms with Gasteiger partial charge in [-0.3, -0.25) is 19.2 Å². The molecule has 0 atom stereocenters. The van der Waals surface area contributed by atoms with Gasteiger partial charge in [0.1, 0.15) is 6.54 Å². The molecule has 0 saturated carbocycles. The molecule has 1 saturated heterocycles. The Bertz CT molecular complexity index is 801. The second kappa shape index (κ2) is 8.35. The summed E-state index contributed by atoms with van der Waals surface area (Å²) in [7, 11) is 0. The van der Waals surface area contributed by atoms with Crippen molar-refractivity contribution < 1.29 is 9.59 Å². The number of hydrogen-bond acceptors (Lipinski definition) is 4. The largest absolute Gasteiger partial charge is 0.339 e. The van der Waals surface area contributed by atoms with Gasteiger partial charge >= 0.3 is 0 Å². The molecule has 0 radical (unpaired) electrons. The van der Waals surface area contributed by atoms with E-state index in [9.17, 15) is 9.59 Å². The van der Waals surface area contributed by atoms with Gasteiger partial charge in [0, 0.05) is 38.1 Å². The molecule has 1 aromatic heterocycles. The van der Waals surface area contributed by atoms with E-state index in [2.05, 4.69) is 15.3 Å². The van der Waals surface area contributed by atoms with Crippen LogP contribution in [0.1, 0.15) is 16.7 Å². The van der Waals surface area contributed by atoms with E-state index in [1.807, 2.05) is 50.1 Å². The van der Waals surface area contributed by atoms with Crippen molar-refractivity contribution in [1.82, 2.24) is 19.6 Å². The summed E-state index contributed by atoms with van der Waals surface area (Å²) in [6, 6.07) is 5.98. The zero-order chi connectivity index (χ0) is 19.4. The van der Waals surface area contributed by atoms with Gasteiger partial charge < -0.3 is 10.2 Å². The van der Waals surface area contributed by atoms with Crippen molar-refractivity contribution in [3.63, 3.8) is 0 Å². The van der Waals surface area contributed by atoms with E-state index in [1.165, 1.54) is 0 Å². The number of rotatable bonds is 5. The Hall–Kier alpha value is -2.67. The lowest BCUT2D eigenvalue weighted by molar-refractivity contribution is -0.133. The first-order valence-corrected chi connectivity index (χ1v) is 9.27. The average Bonchev–Trinajstić information content (AvgIpc) is 3.03. The number of para-hydroxylation sites is 1. The van der Waals surface area contributed by atoms with Crippen LogP contribution in [0.2, 0.25) is 0 Å². The van der Waals surface area contributed by atoms with Crippen molar-refractivity contribution in [2.75, 3.05) is 38.0 Å². The predicted molar refractivity (Wildman–Crippen MR) is 105 cm³/mol. The van der Waals surface area contributed by atoms with Gasteiger partial charge in [-0.15, -0.1) is 0 Å². The standard InChI is InChI=1S/C20H27N5O2/c1-15-11-21-25(12-15)14-19(27)24-9-7-23(8-10-24)13-18(26)22-20-16(2)5-4-6-17(20)3/h4-6,11-12H,7-10,13-14H2,1-3H3,(H,22,26). The van der Waals surface area contributed by atoms with Crippen LogP contribution in [0.3, 0.4) is 0 Å². The van der Waals surface area contributed by atoms with Crippen molar-refractivity contribution >= 4 is 17.5 Å². The minimum absolute atomic E-state index is 0.0146. The zero-order valence-corrected chi connectivity index (χ0v) is 16.2. The van der Waals surface area contributed by atoms with Crippen molar-refractivity contribution in [3.05, 3.63) is 47.3 Å². The Labute approximate surface area is 159 Å². The number of carbonyl (C=O) groups excluding carboxylic acids is 2. The van der Waals surface area contributed by atoms with Gasteiger partial charge in [0.25, 0.3) is 0 Å². The third-order valence-corrected chi connectivity index (χ3v) is 4.90. The summed E-state index contributed by atoms with van der Waals surface area (Å²) in [5.74, 6) is 0.0527. The molecule has 0 spiro atoms. The van der Waals surface area contributed by atoms with Gasteiger partial charge in [-0.1, -0.05) is 18.2 Å². The molecule has 7 heteroatoms. The third kappa shape index (κ3) is 4.95. The molecular weight excluding hydrogens is 342 g/mol. The van der Waals surface area contributed by atoms with Crippen molar-refractivity contribution in [1.29, 1.82) is 0 Å². The lowest BCUT2D eigenvalue weighted by atomic mass is 10.1. The fraction of sp³-hybridized carbons (Fsp3) is 0.450. The number of piperazine rings is 1. The number of amides is 2. The second-order valence-corrected chi connectivity index (χ2v) is 7.19. The number of hydrogen-bond donors (Lipinski definition) is 1. The molecular formula is C20H27N5O2. The molecule has 2 amide bonds. The third-order valence-electron chi connectivity index (χ3n) is 4.90. The van der Waals surface area contributed by atoms with E-state index in [0.29, 0.717) is 32.7 Å². The van der Waals surface area contributed by atoms with E-state index in [0.717, 1.165) is 22.4 Å². The zero-order valence-electron chi connectivity index (χ0n) is 16.2. The number of benzene rings is 1. The smallest absolute Gasteiger partial charge is 0.244 e. The maximum absolute atomic E-state index is 12.4. The van der Waals surface area contributed by atoms with E-state index < -0.39 is 0 Å². The SMILES string of the molecule is Cc1cnn(CC(=O)N2CCN(CC(=O)Nc3c(C)cccc3C)CC2)c1. The Kier molecular flexibility index (Phi) is 5.91. The number of nitrogens with zero attached hydrogens (tertiary/aromatic N) is 4. The van der Waals surface area contributed by atoms with Crippen LogP contribution < -0.4 is 5.32 Å². The number of aromatic nitrogens is 2. The van der Waals surface area contributed by atoms with E-state index >= 15 is 0 Å². The van der Waals surface area contributed by atoms with Crippen LogP contribution in [-0.2, 0) is 16.1 Å². The van der Waals surface area contributed by atoms with Crippen LogP contribution in [0.15, 0.2) is 30.6 Å². The van der Waals surface area contributed by atoms with Crippen LogP contribution >= 0.6 is 0 Å². The molecule has 3 rings (SSSR count). The molecule has 1 aromatic carbocycles. The predicted octanol–water partition coefficient (Wildman–Crippen LogP) is 1.59. The molecule has 144 valence electrons. The molecule has 7 nitrogen and oxygen atoms in total. The Morgan fingerprint density at radius 1 is 1.04 bits per heavy atom. The number of nitrogens with one attached hydrogen (secondary N) is 1. The first-order chi connectivity index (χ1) is 12.9. The maximum atomic E-state index is 12.4. The highest BCUT2D eigenvalue weighted by Crippen LogP contribution is 2.19. The lowest BCUT2D eigenvalue weighted by Crippen LogP contribution is -2.51. The molecule has 2 heterocycles. The first kappa shape index (κ1) is 19.1. The molecule has 27 heavy (non-hydrogen) atoms. The quantitative estimate of drug-likeness (QED) is 0.869. The summed E-state index contributed by atoms with van der Waals surface area (Å²) in [6.45, 7) is 9.22. The second-order valence-electron chi connectivity index (χ2n) is 7.19. The van der Waals surface area contributed by atoms with Crippen LogP contribution in [0.4, 0.5) is 5.69 Å². The molecule has 1 fully saturated rings. The Morgan fingerprint density at radius 3 is 2.30 bits per heavy atom. The van der Waals surface area contributed by atoms with Gasteiger partial charge in [-0.05, 0) is 37.5 Å². The van der Waals surface area contributed by atoms with E-state index in [1.54, 1.807) is 10.9 Å². The van der Waals surface area contributed by atoms with Crippen LogP contribution in [0, 0.1) is 20.8 Å². The van der Waals surface area contributed by atoms with Crippen molar-refractivity contribution in [3.8, 4) is 0 Å². The normalized spacial score (nSPS) is 15.0. The van der Waals surface area contributed by atoms with Gasteiger partial charge in [0.2, 0.25) is 11.8 Å². The van der Waals surface area contributed by atoms with E-state index in [-0.39, 0.29) is 18.4 Å². The van der Waals surface area contributed by atoms with Gasteiger partial charge in [-0.25, -0.2) is 0 Å². The molecule has 2 aromatic rings. The summed E-state index contributed by atoms with van der Waals surface area (Å²) >= 11 is 0. The average molecular weight is 369 g/mol. The number of aryl methyl sites for hydroxylation is 3. The minimum atomic E-state index is -0.0146. The lowest BCUT2D eigenvalue weighted by Gasteiger charge is -2.34. The summed E-state index contributed by atoms with van der Waals surface area (Å²) in [5.41, 5.74) is 4.06. The molecule has 1 aliphatic rings. The highest BCUT2D eigenvalue weighted by Gasteiger charge is 2.23. The summed E-state index contributed by atoms with van der Waals surface area (Å²) in [5, 5.41) is 7.19. The van der Waals surface area contributed by atoms with Crippen LogP contribution in [-0.4, -0.2) is 64.1 Å². The van der Waals surface area contributed by atoms with Crippen molar-refractivity contribution in [2.24, 2.45) is 0 Å². The van der Waals surface area contributed by atoms with Gasteiger partial charge in [0.05, 0.1) is 12.7 Å². The molecule has 0 bridgehead atoms. The fourth-order valence-corrected chi connectivity index (χ4v) is 3.34. The van der Waals surface area contributed by atoms with Crippen LogP contribution in [0.5, 0.6) is 0 Å². The molecule has 0 aliphatic carbocycles. The summed E-state index contributed by atoms with van der Waals surface area (Å²) < 4.78 is 1.67. The van der Waals surface area contributed by atoms with E-state index in [4.69, 9.17) is 0 Å². The Morgan fingerprint density at radius 2 is 1.70 bits per heavy atom. The molecule has 1 aliphatic heterocycles. The monoisotopic (exact) mass is 369 g/mol. The molecule has 0 unspecified atom stereocenters. The van der Waals surface area contributed by atoms with Gasteiger partial charge in [-0.2, -0.15) is 5.10 Å². The van der Waals surface area contributed by atoms with Crippen molar-refractivity contribution in [2.45, 2.75) is 27.3 Å². The number of carbonyl (C=O) groups is 2. The highest BCUT2D eigenvalue weighted by molar-refractivity contribution is 5.93. The Balaban J connectivity index is 1.46. The van der Waals surface area contributed by atoms with Crippen LogP contribution in [0.25, 0.3) is 0 Å². The first-order valence-electron chi connectivity index (χ1n) is 9.27. The highest BCUT2D eigenvalue weighted by atomic mass is 16.2. The van der Waals surface area contributed by atoms with Gasteiger partial charge in [0.15, 0.2) is 0 Å². The topological polar surface area (TPSA) is 70.5 Å². The summed E-state index contributed by atoms with van der Waals surface area (Å²) in [6.07, 6.45) is 3.62. The minimum Gasteiger partial charge on any atom is -0.339 e. The number of anilines is 1. The fourth-order valence-electron chi connectivity index (χ4n) is 3.34.